The monoisotopic (exact) mass is 420 g/mol. The first-order chi connectivity index (χ1) is 15.2. The van der Waals surface area contributed by atoms with E-state index < -0.39 is 5.63 Å². The summed E-state index contributed by atoms with van der Waals surface area (Å²) in [6.45, 7) is 4.42. The van der Waals surface area contributed by atoms with Gasteiger partial charge in [-0.15, -0.1) is 0 Å². The third-order valence-electron chi connectivity index (χ3n) is 5.68. The summed E-state index contributed by atoms with van der Waals surface area (Å²) in [6.07, 6.45) is 3.18. The number of nitrogens with zero attached hydrogens (tertiary/aromatic N) is 2. The first-order valence-electron chi connectivity index (χ1n) is 10.9. The minimum atomic E-state index is -0.404. The van der Waals surface area contributed by atoms with E-state index in [0.29, 0.717) is 11.3 Å². The number of carbonyl (C=O) groups is 1. The number of amides is 1. The van der Waals surface area contributed by atoms with E-state index in [1.807, 2.05) is 17.0 Å². The van der Waals surface area contributed by atoms with Crippen LogP contribution in [0.25, 0.3) is 11.0 Å². The highest BCUT2D eigenvalue weighted by atomic mass is 16.5. The van der Waals surface area contributed by atoms with E-state index in [4.69, 9.17) is 9.15 Å². The molecule has 2 heterocycles. The van der Waals surface area contributed by atoms with Gasteiger partial charge >= 0.3 is 5.63 Å². The Bertz CT molecular complexity index is 1060. The Morgan fingerprint density at radius 1 is 0.968 bits per heavy atom. The van der Waals surface area contributed by atoms with Gasteiger partial charge in [-0.25, -0.2) is 4.79 Å². The molecule has 4 rings (SSSR count). The number of carbonyl (C=O) groups excluding carboxylic acids is 1. The Morgan fingerprint density at radius 3 is 2.68 bits per heavy atom. The molecule has 1 fully saturated rings. The molecule has 6 nitrogen and oxygen atoms in total. The van der Waals surface area contributed by atoms with Gasteiger partial charge in [-0.2, -0.15) is 0 Å². The van der Waals surface area contributed by atoms with E-state index >= 15 is 0 Å². The van der Waals surface area contributed by atoms with Crippen LogP contribution < -0.4 is 10.4 Å². The number of hydrogen-bond acceptors (Lipinski definition) is 5. The van der Waals surface area contributed by atoms with Gasteiger partial charge in [0.25, 0.3) is 5.91 Å². The molecule has 0 bridgehead atoms. The minimum Gasteiger partial charge on any atom is -0.484 e. The van der Waals surface area contributed by atoms with E-state index in [2.05, 4.69) is 29.2 Å². The molecule has 3 aromatic rings. The van der Waals surface area contributed by atoms with Gasteiger partial charge in [-0.1, -0.05) is 30.3 Å². The van der Waals surface area contributed by atoms with Gasteiger partial charge in [0.1, 0.15) is 11.3 Å². The Morgan fingerprint density at radius 2 is 1.81 bits per heavy atom. The van der Waals surface area contributed by atoms with Crippen LogP contribution in [0.4, 0.5) is 0 Å². The SMILES string of the molecule is O=C(COc1ccc2ccc(=O)oc2c1)N1CCCN(CCCc2ccccc2)CC1. The third-order valence-corrected chi connectivity index (χ3v) is 5.68. The molecule has 0 unspecified atom stereocenters. The highest BCUT2D eigenvalue weighted by Gasteiger charge is 2.19. The number of benzene rings is 2. The molecule has 1 aliphatic heterocycles. The van der Waals surface area contributed by atoms with E-state index in [1.54, 1.807) is 18.2 Å². The van der Waals surface area contributed by atoms with Crippen molar-refractivity contribution in [3.63, 3.8) is 0 Å². The number of rotatable bonds is 7. The van der Waals surface area contributed by atoms with Crippen molar-refractivity contribution >= 4 is 16.9 Å². The fraction of sp³-hybridized carbons (Fsp3) is 0.360. The lowest BCUT2D eigenvalue weighted by atomic mass is 10.1. The second-order valence-electron chi connectivity index (χ2n) is 7.91. The molecule has 0 saturated carbocycles. The lowest BCUT2D eigenvalue weighted by Crippen LogP contribution is -2.38. The van der Waals surface area contributed by atoms with Crippen LogP contribution in [0.1, 0.15) is 18.4 Å². The van der Waals surface area contributed by atoms with E-state index in [-0.39, 0.29) is 12.5 Å². The van der Waals surface area contributed by atoms with Crippen LogP contribution in [0.2, 0.25) is 0 Å². The van der Waals surface area contributed by atoms with Gasteiger partial charge in [-0.3, -0.25) is 4.79 Å². The Balaban J connectivity index is 1.23. The average molecular weight is 421 g/mol. The maximum atomic E-state index is 12.7. The van der Waals surface area contributed by atoms with Crippen LogP contribution in [-0.2, 0) is 11.2 Å². The Labute approximate surface area is 182 Å². The van der Waals surface area contributed by atoms with Crippen molar-refractivity contribution in [1.29, 1.82) is 0 Å². The van der Waals surface area contributed by atoms with Crippen molar-refractivity contribution < 1.29 is 13.9 Å². The van der Waals surface area contributed by atoms with Crippen LogP contribution in [-0.4, -0.2) is 55.0 Å². The summed E-state index contributed by atoms with van der Waals surface area (Å²) in [5.41, 5.74) is 1.43. The van der Waals surface area contributed by atoms with Gasteiger partial charge in [0, 0.05) is 37.2 Å². The van der Waals surface area contributed by atoms with Crippen molar-refractivity contribution in [3.8, 4) is 5.75 Å². The second kappa shape index (κ2) is 10.3. The van der Waals surface area contributed by atoms with Crippen molar-refractivity contribution in [3.05, 3.63) is 76.6 Å². The summed E-state index contributed by atoms with van der Waals surface area (Å²) in [7, 11) is 0. The molecule has 1 amide bonds. The molecule has 1 aromatic heterocycles. The standard InChI is InChI=1S/C25H28N2O4/c28-24(19-30-22-11-9-21-10-12-25(29)31-23(21)18-22)27-15-5-14-26(16-17-27)13-4-8-20-6-2-1-3-7-20/h1-3,6-7,9-12,18H,4-5,8,13-17,19H2. The molecule has 2 aromatic carbocycles. The molecule has 162 valence electrons. The number of hydrogen-bond donors (Lipinski definition) is 0. The topological polar surface area (TPSA) is 63.0 Å². The van der Waals surface area contributed by atoms with Crippen LogP contribution >= 0.6 is 0 Å². The van der Waals surface area contributed by atoms with Gasteiger partial charge in [0.2, 0.25) is 0 Å². The molecular weight excluding hydrogens is 392 g/mol. The highest BCUT2D eigenvalue weighted by molar-refractivity contribution is 5.79. The van der Waals surface area contributed by atoms with Crippen molar-refractivity contribution in [1.82, 2.24) is 9.80 Å². The molecule has 1 saturated heterocycles. The van der Waals surface area contributed by atoms with Gasteiger partial charge in [0.15, 0.2) is 6.61 Å². The molecule has 31 heavy (non-hydrogen) atoms. The summed E-state index contributed by atoms with van der Waals surface area (Å²) in [5.74, 6) is 0.508. The lowest BCUT2D eigenvalue weighted by Gasteiger charge is -2.22. The van der Waals surface area contributed by atoms with Crippen LogP contribution in [0.3, 0.4) is 0 Å². The minimum absolute atomic E-state index is 0.0132. The van der Waals surface area contributed by atoms with Crippen molar-refractivity contribution in [2.45, 2.75) is 19.3 Å². The normalized spacial score (nSPS) is 15.0. The predicted octanol–water partition coefficient (Wildman–Crippen LogP) is 3.34. The van der Waals surface area contributed by atoms with Crippen molar-refractivity contribution in [2.24, 2.45) is 0 Å². The maximum absolute atomic E-state index is 12.7. The fourth-order valence-electron chi connectivity index (χ4n) is 3.96. The zero-order valence-electron chi connectivity index (χ0n) is 17.7. The van der Waals surface area contributed by atoms with Gasteiger partial charge < -0.3 is 19.0 Å². The van der Waals surface area contributed by atoms with Gasteiger partial charge in [-0.05, 0) is 56.1 Å². The molecule has 0 N–H and O–H groups in total. The molecular formula is C25H28N2O4. The van der Waals surface area contributed by atoms with Crippen LogP contribution in [0.15, 0.2) is 69.9 Å². The molecule has 0 spiro atoms. The van der Waals surface area contributed by atoms with Gasteiger partial charge in [0.05, 0.1) is 0 Å². The van der Waals surface area contributed by atoms with E-state index in [9.17, 15) is 9.59 Å². The molecule has 0 atom stereocenters. The molecule has 0 aliphatic carbocycles. The first-order valence-corrected chi connectivity index (χ1v) is 10.9. The van der Waals surface area contributed by atoms with E-state index in [0.717, 1.165) is 57.4 Å². The summed E-state index contributed by atoms with van der Waals surface area (Å²) in [6, 6.07) is 18.9. The third kappa shape index (κ3) is 5.95. The van der Waals surface area contributed by atoms with Crippen LogP contribution in [0.5, 0.6) is 5.75 Å². The van der Waals surface area contributed by atoms with Crippen molar-refractivity contribution in [2.75, 3.05) is 39.3 Å². The zero-order chi connectivity index (χ0) is 21.5. The second-order valence-corrected chi connectivity index (χ2v) is 7.91. The molecule has 1 aliphatic rings. The first kappa shape index (κ1) is 21.1. The average Bonchev–Trinajstić information content (AvgIpc) is 3.04. The highest BCUT2D eigenvalue weighted by Crippen LogP contribution is 2.19. The Kier molecular flexibility index (Phi) is 6.99. The summed E-state index contributed by atoms with van der Waals surface area (Å²) >= 11 is 0. The zero-order valence-corrected chi connectivity index (χ0v) is 17.7. The Hall–Kier alpha value is -3.12. The molecule has 6 heteroatoms. The fourth-order valence-corrected chi connectivity index (χ4v) is 3.96. The summed E-state index contributed by atoms with van der Waals surface area (Å²) < 4.78 is 10.9. The molecule has 0 radical (unpaired) electrons. The summed E-state index contributed by atoms with van der Waals surface area (Å²) in [4.78, 5) is 28.4. The van der Waals surface area contributed by atoms with E-state index in [1.165, 1.54) is 11.6 Å². The predicted molar refractivity (Wildman–Crippen MR) is 120 cm³/mol. The number of fused-ring (bicyclic) bond motifs is 1. The maximum Gasteiger partial charge on any atom is 0.336 e. The smallest absolute Gasteiger partial charge is 0.336 e. The number of aryl methyl sites for hydroxylation is 1. The largest absolute Gasteiger partial charge is 0.484 e. The number of ether oxygens (including phenoxy) is 1. The summed E-state index contributed by atoms with van der Waals surface area (Å²) in [5, 5.41) is 0.818. The lowest BCUT2D eigenvalue weighted by molar-refractivity contribution is -0.133. The quantitative estimate of drug-likeness (QED) is 0.549. The van der Waals surface area contributed by atoms with Crippen LogP contribution in [0, 0.1) is 0 Å².